The van der Waals surface area contributed by atoms with Crippen molar-refractivity contribution in [3.8, 4) is 0 Å². The molecule has 3 rings (SSSR count). The van der Waals surface area contributed by atoms with E-state index in [0.717, 1.165) is 9.87 Å². The van der Waals surface area contributed by atoms with Crippen molar-refractivity contribution in [1.29, 1.82) is 0 Å². The van der Waals surface area contributed by atoms with Gasteiger partial charge in [0.1, 0.15) is 12.6 Å². The van der Waals surface area contributed by atoms with E-state index in [4.69, 9.17) is 11.6 Å². The lowest BCUT2D eigenvalue weighted by Crippen LogP contribution is -2.52. The zero-order chi connectivity index (χ0) is 27.7. The lowest BCUT2D eigenvalue weighted by Gasteiger charge is -2.33. The number of nitrogens with one attached hydrogen (secondary N) is 1. The molecule has 0 fully saturated rings. The molecule has 0 aliphatic heterocycles. The summed E-state index contributed by atoms with van der Waals surface area (Å²) in [7, 11) is -4.10. The Labute approximate surface area is 230 Å². The SMILES string of the molecule is CC[C@H](C(=O)NCC(C)C)N(Cc1ccccc1)C(=O)CN(c1ccc(Cl)cc1)S(=O)(=O)c1ccccc1. The lowest BCUT2D eigenvalue weighted by molar-refractivity contribution is -0.140. The Morgan fingerprint density at radius 3 is 2.03 bits per heavy atom. The molecule has 0 unspecified atom stereocenters. The summed E-state index contributed by atoms with van der Waals surface area (Å²) in [6, 6.07) is 22.8. The highest BCUT2D eigenvalue weighted by atomic mass is 35.5. The molecular weight excluding hydrogens is 522 g/mol. The van der Waals surface area contributed by atoms with Crippen molar-refractivity contribution in [1.82, 2.24) is 10.2 Å². The number of halogens is 1. The molecular formula is C29H34ClN3O4S. The highest BCUT2D eigenvalue weighted by Gasteiger charge is 2.33. The molecule has 9 heteroatoms. The molecule has 1 atom stereocenters. The summed E-state index contributed by atoms with van der Waals surface area (Å²) in [6.45, 7) is 5.97. The number of carbonyl (C=O) groups excluding carboxylic acids is 2. The predicted molar refractivity (Wildman–Crippen MR) is 151 cm³/mol. The van der Waals surface area contributed by atoms with E-state index in [-0.39, 0.29) is 23.3 Å². The average Bonchev–Trinajstić information content (AvgIpc) is 2.92. The van der Waals surface area contributed by atoms with Gasteiger partial charge in [-0.1, -0.05) is 80.9 Å². The Balaban J connectivity index is 2.01. The minimum atomic E-state index is -4.10. The van der Waals surface area contributed by atoms with Crippen LogP contribution in [0.1, 0.15) is 32.8 Å². The number of hydrogen-bond acceptors (Lipinski definition) is 4. The zero-order valence-electron chi connectivity index (χ0n) is 21.9. The number of benzene rings is 3. The molecule has 38 heavy (non-hydrogen) atoms. The summed E-state index contributed by atoms with van der Waals surface area (Å²) >= 11 is 6.05. The number of anilines is 1. The van der Waals surface area contributed by atoms with E-state index in [0.29, 0.717) is 23.7 Å². The van der Waals surface area contributed by atoms with E-state index in [1.54, 1.807) is 42.5 Å². The van der Waals surface area contributed by atoms with Crippen molar-refractivity contribution in [2.75, 3.05) is 17.4 Å². The number of amides is 2. The summed E-state index contributed by atoms with van der Waals surface area (Å²) in [5.41, 5.74) is 1.13. The van der Waals surface area contributed by atoms with E-state index >= 15 is 0 Å². The molecule has 0 radical (unpaired) electrons. The second-order valence-corrected chi connectivity index (χ2v) is 11.7. The third-order valence-corrected chi connectivity index (χ3v) is 8.03. The Morgan fingerprint density at radius 1 is 0.895 bits per heavy atom. The topological polar surface area (TPSA) is 86.8 Å². The average molecular weight is 556 g/mol. The van der Waals surface area contributed by atoms with Crippen LogP contribution < -0.4 is 9.62 Å². The van der Waals surface area contributed by atoms with Crippen LogP contribution in [0, 0.1) is 5.92 Å². The number of sulfonamides is 1. The van der Waals surface area contributed by atoms with Gasteiger partial charge in [-0.2, -0.15) is 0 Å². The molecule has 1 N–H and O–H groups in total. The van der Waals surface area contributed by atoms with Crippen LogP contribution >= 0.6 is 11.6 Å². The summed E-state index contributed by atoms with van der Waals surface area (Å²) in [6.07, 6.45) is 0.370. The first-order valence-corrected chi connectivity index (χ1v) is 14.4. The fourth-order valence-corrected chi connectivity index (χ4v) is 5.54. The maximum Gasteiger partial charge on any atom is 0.264 e. The second kappa shape index (κ2) is 13.4. The van der Waals surface area contributed by atoms with E-state index in [9.17, 15) is 18.0 Å². The smallest absolute Gasteiger partial charge is 0.264 e. The van der Waals surface area contributed by atoms with Crippen LogP contribution in [0.25, 0.3) is 0 Å². The Morgan fingerprint density at radius 2 is 1.47 bits per heavy atom. The van der Waals surface area contributed by atoms with Crippen molar-refractivity contribution < 1.29 is 18.0 Å². The molecule has 0 aromatic heterocycles. The van der Waals surface area contributed by atoms with Gasteiger partial charge in [0, 0.05) is 18.1 Å². The van der Waals surface area contributed by atoms with E-state index in [2.05, 4.69) is 5.32 Å². The molecule has 0 spiro atoms. The molecule has 2 amide bonds. The fraction of sp³-hybridized carbons (Fsp3) is 0.310. The molecule has 0 aliphatic rings. The Hall–Kier alpha value is -3.36. The highest BCUT2D eigenvalue weighted by Crippen LogP contribution is 2.26. The van der Waals surface area contributed by atoms with Crippen LogP contribution in [0.15, 0.2) is 89.8 Å². The van der Waals surface area contributed by atoms with Gasteiger partial charge in [-0.3, -0.25) is 13.9 Å². The molecule has 3 aromatic carbocycles. The molecule has 0 saturated carbocycles. The Bertz CT molecular complexity index is 1300. The third-order valence-electron chi connectivity index (χ3n) is 5.99. The first-order chi connectivity index (χ1) is 18.1. The van der Waals surface area contributed by atoms with Crippen molar-refractivity contribution in [2.24, 2.45) is 5.92 Å². The van der Waals surface area contributed by atoms with Crippen molar-refractivity contribution in [3.05, 3.63) is 95.5 Å². The summed E-state index contributed by atoms with van der Waals surface area (Å²) in [4.78, 5) is 28.6. The molecule has 0 saturated heterocycles. The summed E-state index contributed by atoms with van der Waals surface area (Å²) in [5, 5.41) is 3.36. The van der Waals surface area contributed by atoms with Gasteiger partial charge in [0.15, 0.2) is 0 Å². The largest absolute Gasteiger partial charge is 0.354 e. The molecule has 202 valence electrons. The maximum absolute atomic E-state index is 13.9. The van der Waals surface area contributed by atoms with Crippen LogP contribution in [-0.2, 0) is 26.2 Å². The number of hydrogen-bond donors (Lipinski definition) is 1. The second-order valence-electron chi connectivity index (χ2n) is 9.37. The van der Waals surface area contributed by atoms with Gasteiger partial charge in [0.05, 0.1) is 10.6 Å². The van der Waals surface area contributed by atoms with Crippen molar-refractivity contribution in [3.63, 3.8) is 0 Å². The molecule has 0 aliphatic carbocycles. The normalized spacial score (nSPS) is 12.1. The van der Waals surface area contributed by atoms with E-state index in [1.165, 1.54) is 17.0 Å². The third kappa shape index (κ3) is 7.58. The minimum absolute atomic E-state index is 0.0547. The van der Waals surface area contributed by atoms with Crippen LogP contribution in [0.2, 0.25) is 5.02 Å². The monoisotopic (exact) mass is 555 g/mol. The first-order valence-electron chi connectivity index (χ1n) is 12.6. The zero-order valence-corrected chi connectivity index (χ0v) is 23.5. The molecule has 0 heterocycles. The van der Waals surface area contributed by atoms with Crippen LogP contribution in [0.3, 0.4) is 0 Å². The van der Waals surface area contributed by atoms with Crippen LogP contribution in [-0.4, -0.2) is 44.3 Å². The van der Waals surface area contributed by atoms with Crippen LogP contribution in [0.5, 0.6) is 0 Å². The van der Waals surface area contributed by atoms with Crippen molar-refractivity contribution >= 4 is 39.1 Å². The van der Waals surface area contributed by atoms with Gasteiger partial charge in [0.25, 0.3) is 10.0 Å². The fourth-order valence-electron chi connectivity index (χ4n) is 3.98. The quantitative estimate of drug-likeness (QED) is 0.336. The van der Waals surface area contributed by atoms with E-state index < -0.39 is 28.5 Å². The van der Waals surface area contributed by atoms with Gasteiger partial charge in [0.2, 0.25) is 11.8 Å². The maximum atomic E-state index is 13.9. The molecule has 0 bridgehead atoms. The standard InChI is InChI=1S/C29H34ClN3O4S/c1-4-27(29(35)31-19-22(2)3)32(20-23-11-7-5-8-12-23)28(34)21-33(25-17-15-24(30)16-18-25)38(36,37)26-13-9-6-10-14-26/h5-18,22,27H,4,19-21H2,1-3H3,(H,31,35)/t27-/m1/s1. The van der Waals surface area contributed by atoms with Gasteiger partial charge in [-0.15, -0.1) is 0 Å². The molecule has 7 nitrogen and oxygen atoms in total. The summed E-state index contributed by atoms with van der Waals surface area (Å²) < 4.78 is 28.5. The number of rotatable bonds is 12. The lowest BCUT2D eigenvalue weighted by atomic mass is 10.1. The van der Waals surface area contributed by atoms with Gasteiger partial charge in [-0.05, 0) is 54.3 Å². The number of nitrogens with zero attached hydrogens (tertiary/aromatic N) is 2. The number of carbonyl (C=O) groups is 2. The van der Waals surface area contributed by atoms with Gasteiger partial charge < -0.3 is 10.2 Å². The highest BCUT2D eigenvalue weighted by molar-refractivity contribution is 7.92. The van der Waals surface area contributed by atoms with Crippen LogP contribution in [0.4, 0.5) is 5.69 Å². The Kier molecular flexibility index (Phi) is 10.3. The van der Waals surface area contributed by atoms with E-state index in [1.807, 2.05) is 51.1 Å². The van der Waals surface area contributed by atoms with Gasteiger partial charge >= 0.3 is 0 Å². The molecule has 3 aromatic rings. The first kappa shape index (κ1) is 29.2. The predicted octanol–water partition coefficient (Wildman–Crippen LogP) is 5.11. The van der Waals surface area contributed by atoms with Gasteiger partial charge in [-0.25, -0.2) is 8.42 Å². The minimum Gasteiger partial charge on any atom is -0.354 e. The van der Waals surface area contributed by atoms with Crippen molar-refractivity contribution in [2.45, 2.75) is 44.7 Å². The summed E-state index contributed by atoms with van der Waals surface area (Å²) in [5.74, 6) is -0.518.